The number of carbonyl (C=O) groups is 1. The molecule has 0 unspecified atom stereocenters. The van der Waals surface area contributed by atoms with Gasteiger partial charge in [-0.1, -0.05) is 65.2 Å². The summed E-state index contributed by atoms with van der Waals surface area (Å²) < 4.78 is 96.9. The van der Waals surface area contributed by atoms with Gasteiger partial charge in [-0.3, -0.25) is 13.8 Å². The fourth-order valence-corrected chi connectivity index (χ4v) is 7.58. The summed E-state index contributed by atoms with van der Waals surface area (Å²) in [6.07, 6.45) is -4.80. The van der Waals surface area contributed by atoms with Crippen molar-refractivity contribution in [3.8, 4) is 0 Å². The predicted molar refractivity (Wildman–Crippen MR) is 184 cm³/mol. The first-order chi connectivity index (χ1) is 23.0. The Labute approximate surface area is 291 Å². The molecule has 0 fully saturated rings. The van der Waals surface area contributed by atoms with E-state index in [4.69, 9.17) is 23.2 Å². The third-order valence-corrected chi connectivity index (χ3v) is 11.0. The molecule has 0 bridgehead atoms. The highest BCUT2D eigenvalue weighted by Gasteiger charge is 2.34. The molecule has 8 nitrogen and oxygen atoms in total. The maximum absolute atomic E-state index is 14.0. The Balaban J connectivity index is 1.42. The van der Waals surface area contributed by atoms with Crippen LogP contribution in [0.4, 0.5) is 30.2 Å². The fourth-order valence-electron chi connectivity index (χ4n) is 4.71. The monoisotopic (exact) mass is 747 g/mol. The second kappa shape index (κ2) is 14.1. The maximum Gasteiger partial charge on any atom is 0.417 e. The third kappa shape index (κ3) is 8.36. The van der Waals surface area contributed by atoms with E-state index in [1.807, 2.05) is 6.92 Å². The molecule has 15 heteroatoms. The highest BCUT2D eigenvalue weighted by molar-refractivity contribution is 7.93. The van der Waals surface area contributed by atoms with Crippen LogP contribution in [0.3, 0.4) is 0 Å². The summed E-state index contributed by atoms with van der Waals surface area (Å²) in [6, 6.07) is 26.5. The zero-order chi connectivity index (χ0) is 35.6. The van der Waals surface area contributed by atoms with Gasteiger partial charge in [-0.05, 0) is 91.3 Å². The number of alkyl halides is 3. The molecule has 0 radical (unpaired) electrons. The van der Waals surface area contributed by atoms with Crippen LogP contribution in [0.1, 0.15) is 27.0 Å². The van der Waals surface area contributed by atoms with E-state index in [0.29, 0.717) is 16.7 Å². The van der Waals surface area contributed by atoms with Gasteiger partial charge < -0.3 is 5.32 Å². The largest absolute Gasteiger partial charge is 0.417 e. The Bertz CT molecular complexity index is 2220. The van der Waals surface area contributed by atoms with Crippen molar-refractivity contribution in [2.24, 2.45) is 0 Å². The van der Waals surface area contributed by atoms with Crippen LogP contribution in [0.5, 0.6) is 0 Å². The molecule has 0 aromatic heterocycles. The lowest BCUT2D eigenvalue weighted by Gasteiger charge is -2.27. The molecule has 0 aliphatic heterocycles. The summed E-state index contributed by atoms with van der Waals surface area (Å²) >= 11 is 11.7. The van der Waals surface area contributed by atoms with Crippen LogP contribution >= 0.6 is 23.2 Å². The number of aryl methyl sites for hydroxylation is 1. The summed E-state index contributed by atoms with van der Waals surface area (Å²) in [7, 11) is -8.53. The summed E-state index contributed by atoms with van der Waals surface area (Å²) in [5.74, 6) is -0.689. The van der Waals surface area contributed by atoms with Crippen molar-refractivity contribution in [3.05, 3.63) is 148 Å². The van der Waals surface area contributed by atoms with Crippen LogP contribution in [0.15, 0.2) is 125 Å². The van der Waals surface area contributed by atoms with Crippen molar-refractivity contribution >= 4 is 66.2 Å². The lowest BCUT2D eigenvalue weighted by Crippen LogP contribution is -2.32. The zero-order valence-corrected chi connectivity index (χ0v) is 28.5. The Kier molecular flexibility index (Phi) is 10.3. The van der Waals surface area contributed by atoms with Crippen molar-refractivity contribution in [1.29, 1.82) is 0 Å². The molecular weight excluding hydrogens is 722 g/mol. The highest BCUT2D eigenvalue weighted by atomic mass is 35.5. The van der Waals surface area contributed by atoms with E-state index in [9.17, 15) is 34.8 Å². The zero-order valence-electron chi connectivity index (χ0n) is 25.4. The fraction of sp³-hybridized carbons (Fsp3) is 0.0882. The molecule has 49 heavy (non-hydrogen) atoms. The molecule has 0 spiro atoms. The molecule has 5 rings (SSSR count). The Hall–Kier alpha value is -4.56. The van der Waals surface area contributed by atoms with E-state index in [-0.39, 0.29) is 39.0 Å². The first-order valence-electron chi connectivity index (χ1n) is 14.3. The van der Waals surface area contributed by atoms with Gasteiger partial charge in [0.25, 0.3) is 26.0 Å². The quantitative estimate of drug-likeness (QED) is 0.148. The summed E-state index contributed by atoms with van der Waals surface area (Å²) in [5.41, 5.74) is 0.164. The molecule has 0 saturated heterocycles. The van der Waals surface area contributed by atoms with E-state index in [2.05, 4.69) is 10.0 Å². The van der Waals surface area contributed by atoms with Crippen molar-refractivity contribution in [3.63, 3.8) is 0 Å². The number of halogens is 5. The highest BCUT2D eigenvalue weighted by Crippen LogP contribution is 2.37. The number of benzene rings is 5. The number of rotatable bonds is 10. The minimum Gasteiger partial charge on any atom is -0.322 e. The van der Waals surface area contributed by atoms with Gasteiger partial charge in [0, 0.05) is 16.4 Å². The summed E-state index contributed by atoms with van der Waals surface area (Å²) in [6.45, 7) is 1.70. The second-order valence-corrected chi connectivity index (χ2v) is 15.1. The van der Waals surface area contributed by atoms with Crippen LogP contribution in [0.2, 0.25) is 10.0 Å². The topological polar surface area (TPSA) is 113 Å². The summed E-state index contributed by atoms with van der Waals surface area (Å²) in [5, 5.41) is 2.53. The average molecular weight is 749 g/mol. The first kappa shape index (κ1) is 35.7. The number of amides is 1. The second-order valence-electron chi connectivity index (χ2n) is 10.7. The average Bonchev–Trinajstić information content (AvgIpc) is 3.05. The normalized spacial score (nSPS) is 12.0. The van der Waals surface area contributed by atoms with Crippen LogP contribution < -0.4 is 14.3 Å². The minimum absolute atomic E-state index is 0.00808. The molecular formula is C34H26Cl2F3N3O5S2. The molecule has 0 atom stereocenters. The number of hydrogen-bond acceptors (Lipinski definition) is 5. The van der Waals surface area contributed by atoms with Crippen molar-refractivity contribution < 1.29 is 34.8 Å². The van der Waals surface area contributed by atoms with Gasteiger partial charge in [0.05, 0.1) is 38.2 Å². The van der Waals surface area contributed by atoms with Gasteiger partial charge >= 0.3 is 6.18 Å². The lowest BCUT2D eigenvalue weighted by molar-refractivity contribution is -0.137. The van der Waals surface area contributed by atoms with Gasteiger partial charge in [-0.2, -0.15) is 13.2 Å². The number of hydrogen-bond donors (Lipinski definition) is 2. The Morgan fingerprint density at radius 1 is 0.755 bits per heavy atom. The van der Waals surface area contributed by atoms with E-state index >= 15 is 0 Å². The van der Waals surface area contributed by atoms with E-state index in [0.717, 1.165) is 34.1 Å². The van der Waals surface area contributed by atoms with E-state index in [1.165, 1.54) is 36.4 Å². The van der Waals surface area contributed by atoms with Gasteiger partial charge in [0.1, 0.15) is 0 Å². The number of nitrogens with zero attached hydrogens (tertiary/aromatic N) is 1. The SMILES string of the molecule is Cc1ccc(S(=O)(=O)N(Cc2ccc(Cl)cc2)c2ccccc2C(=O)Nc2ccc(S(=O)(=O)Nc3ccc(Cl)c(C(F)(F)F)c3)cc2)cc1. The molecule has 1 amide bonds. The minimum atomic E-state index is -4.80. The summed E-state index contributed by atoms with van der Waals surface area (Å²) in [4.78, 5) is 13.3. The number of carbonyl (C=O) groups excluding carboxylic acids is 1. The molecule has 0 aliphatic carbocycles. The van der Waals surface area contributed by atoms with Gasteiger partial charge in [0.2, 0.25) is 0 Å². The van der Waals surface area contributed by atoms with Crippen LogP contribution in [-0.2, 0) is 32.8 Å². The predicted octanol–water partition coefficient (Wildman–Crippen LogP) is 8.77. The number of sulfonamides is 2. The first-order valence-corrected chi connectivity index (χ1v) is 18.0. The van der Waals surface area contributed by atoms with Gasteiger partial charge in [-0.15, -0.1) is 0 Å². The van der Waals surface area contributed by atoms with Crippen molar-refractivity contribution in [2.75, 3.05) is 14.3 Å². The molecule has 2 N–H and O–H groups in total. The lowest BCUT2D eigenvalue weighted by atomic mass is 10.1. The van der Waals surface area contributed by atoms with E-state index < -0.39 is 42.7 Å². The molecule has 254 valence electrons. The van der Waals surface area contributed by atoms with Crippen molar-refractivity contribution in [1.82, 2.24) is 0 Å². The maximum atomic E-state index is 14.0. The molecule has 0 aliphatic rings. The van der Waals surface area contributed by atoms with Crippen LogP contribution in [0, 0.1) is 6.92 Å². The van der Waals surface area contributed by atoms with Gasteiger partial charge in [-0.25, -0.2) is 16.8 Å². The molecule has 5 aromatic carbocycles. The van der Waals surface area contributed by atoms with Crippen LogP contribution in [0.25, 0.3) is 0 Å². The van der Waals surface area contributed by atoms with Gasteiger partial charge in [0.15, 0.2) is 0 Å². The molecule has 5 aromatic rings. The number of anilines is 3. The molecule has 0 heterocycles. The molecule has 0 saturated carbocycles. The van der Waals surface area contributed by atoms with Crippen LogP contribution in [-0.4, -0.2) is 22.7 Å². The third-order valence-electron chi connectivity index (χ3n) is 7.21. The van der Waals surface area contributed by atoms with Crippen molar-refractivity contribution in [2.45, 2.75) is 29.4 Å². The van der Waals surface area contributed by atoms with E-state index in [1.54, 1.807) is 48.5 Å². The standard InChI is InChI=1S/C34H26Cl2F3N3O5S2/c1-22-6-15-28(16-7-22)49(46,47)42(21-23-8-10-24(35)11-9-23)32-5-3-2-4-29(32)33(43)40-25-12-17-27(18-13-25)48(44,45)41-26-14-19-31(36)30(20-26)34(37,38)39/h2-20,41H,21H2,1H3,(H,40,43). The Morgan fingerprint density at radius 2 is 1.35 bits per heavy atom. The Morgan fingerprint density at radius 3 is 1.98 bits per heavy atom. The smallest absolute Gasteiger partial charge is 0.322 e. The number of nitrogens with one attached hydrogen (secondary N) is 2. The number of para-hydroxylation sites is 1.